The lowest BCUT2D eigenvalue weighted by atomic mass is 10.0. The Balaban J connectivity index is 4.37. The van der Waals surface area contributed by atoms with Gasteiger partial charge in [-0.15, -0.1) is 0 Å². The van der Waals surface area contributed by atoms with Crippen LogP contribution < -0.4 is 0 Å². The van der Waals surface area contributed by atoms with Crippen molar-refractivity contribution in [3.8, 4) is 0 Å². The maximum Gasteiger partial charge on any atom is 0.306 e. The monoisotopic (exact) mass is 817 g/mol. The van der Waals surface area contributed by atoms with Crippen molar-refractivity contribution in [2.45, 2.75) is 277 Å². The van der Waals surface area contributed by atoms with Crippen LogP contribution >= 0.6 is 0 Å². The highest BCUT2D eigenvalue weighted by Gasteiger charge is 2.19. The van der Waals surface area contributed by atoms with E-state index in [4.69, 9.17) is 14.2 Å². The molecule has 1 atom stereocenters. The lowest BCUT2D eigenvalue weighted by Crippen LogP contribution is -2.30. The third-order valence-corrected chi connectivity index (χ3v) is 11.2. The van der Waals surface area contributed by atoms with Crippen LogP contribution in [0.2, 0.25) is 0 Å². The minimum Gasteiger partial charge on any atom is -0.462 e. The fraction of sp³-hybridized carbons (Fsp3) is 0.865. The standard InChI is InChI=1S/C52H96O6/c1-4-7-10-13-16-19-22-25-28-30-33-36-39-42-45-51(54)57-48-49(58-52(55)46-43-40-37-34-31-27-24-21-18-15-12-9-6-3)47-56-50(53)44-41-38-35-32-29-26-23-20-17-14-11-8-5-2/h21-22,24-25,49H,4-20,23,26-48H2,1-3H3/b24-21-,25-22-/t49-/m1/s1. The van der Waals surface area contributed by atoms with E-state index in [9.17, 15) is 14.4 Å². The Kier molecular flexibility index (Phi) is 45.8. The molecule has 0 aromatic rings. The van der Waals surface area contributed by atoms with E-state index in [0.29, 0.717) is 19.3 Å². The molecule has 0 aliphatic carbocycles. The van der Waals surface area contributed by atoms with Gasteiger partial charge in [-0.2, -0.15) is 0 Å². The fourth-order valence-electron chi connectivity index (χ4n) is 7.31. The Morgan fingerprint density at radius 3 is 0.879 bits per heavy atom. The highest BCUT2D eigenvalue weighted by Crippen LogP contribution is 2.15. The van der Waals surface area contributed by atoms with E-state index in [2.05, 4.69) is 45.1 Å². The lowest BCUT2D eigenvalue weighted by molar-refractivity contribution is -0.167. The number of carbonyl (C=O) groups excluding carboxylic acids is 3. The van der Waals surface area contributed by atoms with Gasteiger partial charge in [0.2, 0.25) is 0 Å². The quantitative estimate of drug-likeness (QED) is 0.0263. The van der Waals surface area contributed by atoms with Crippen LogP contribution in [0.15, 0.2) is 24.3 Å². The number of hydrogen-bond donors (Lipinski definition) is 0. The van der Waals surface area contributed by atoms with Gasteiger partial charge in [-0.25, -0.2) is 0 Å². The molecular weight excluding hydrogens is 721 g/mol. The number of ether oxygens (including phenoxy) is 3. The molecule has 0 saturated carbocycles. The molecule has 0 fully saturated rings. The summed E-state index contributed by atoms with van der Waals surface area (Å²) < 4.78 is 16.8. The summed E-state index contributed by atoms with van der Waals surface area (Å²) >= 11 is 0. The first-order valence-corrected chi connectivity index (χ1v) is 25.3. The number of unbranched alkanes of at least 4 members (excludes halogenated alkanes) is 31. The zero-order valence-electron chi connectivity index (χ0n) is 38.8. The number of hydrogen-bond acceptors (Lipinski definition) is 6. The minimum absolute atomic E-state index is 0.0737. The van der Waals surface area contributed by atoms with Gasteiger partial charge in [-0.1, -0.05) is 206 Å². The van der Waals surface area contributed by atoms with Gasteiger partial charge in [-0.05, 0) is 70.6 Å². The second kappa shape index (κ2) is 47.6. The Morgan fingerprint density at radius 2 is 0.569 bits per heavy atom. The molecule has 0 aliphatic heterocycles. The van der Waals surface area contributed by atoms with Crippen molar-refractivity contribution in [2.75, 3.05) is 13.2 Å². The summed E-state index contributed by atoms with van der Waals surface area (Å²) in [5.41, 5.74) is 0. The van der Waals surface area contributed by atoms with Crippen LogP contribution in [0.4, 0.5) is 0 Å². The molecule has 0 rings (SSSR count). The van der Waals surface area contributed by atoms with E-state index >= 15 is 0 Å². The van der Waals surface area contributed by atoms with Crippen LogP contribution in [-0.4, -0.2) is 37.2 Å². The summed E-state index contributed by atoms with van der Waals surface area (Å²) in [6.45, 7) is 6.62. The molecule has 340 valence electrons. The second-order valence-corrected chi connectivity index (χ2v) is 17.1. The molecule has 0 heterocycles. The average molecular weight is 817 g/mol. The van der Waals surface area contributed by atoms with Gasteiger partial charge in [-0.3, -0.25) is 14.4 Å². The zero-order valence-corrected chi connectivity index (χ0v) is 38.8. The van der Waals surface area contributed by atoms with Gasteiger partial charge >= 0.3 is 17.9 Å². The molecule has 0 spiro atoms. The minimum atomic E-state index is -0.773. The summed E-state index contributed by atoms with van der Waals surface area (Å²) in [6.07, 6.45) is 52.9. The van der Waals surface area contributed by atoms with Gasteiger partial charge in [0.15, 0.2) is 6.10 Å². The molecule has 0 aromatic carbocycles. The zero-order chi connectivity index (χ0) is 42.3. The third-order valence-electron chi connectivity index (χ3n) is 11.2. The van der Waals surface area contributed by atoms with Crippen LogP contribution in [0.25, 0.3) is 0 Å². The van der Waals surface area contributed by atoms with Crippen molar-refractivity contribution in [2.24, 2.45) is 0 Å². The van der Waals surface area contributed by atoms with Gasteiger partial charge in [0.05, 0.1) is 0 Å². The molecule has 58 heavy (non-hydrogen) atoms. The highest BCUT2D eigenvalue weighted by atomic mass is 16.6. The maximum atomic E-state index is 12.8. The second-order valence-electron chi connectivity index (χ2n) is 17.1. The maximum absolute atomic E-state index is 12.8. The Labute approximate surface area is 360 Å². The SMILES string of the molecule is CCCCCC/C=C\CCCCCCCC(=O)O[C@@H](COC(=O)CCCCCCC/C=C\CCCCCCC)COC(=O)CCCCCCCCCCCCCCC. The molecule has 0 radical (unpaired) electrons. The summed E-state index contributed by atoms with van der Waals surface area (Å²) in [5.74, 6) is -0.881. The Bertz CT molecular complexity index is 942. The molecule has 0 saturated heterocycles. The largest absolute Gasteiger partial charge is 0.462 e. The van der Waals surface area contributed by atoms with Crippen molar-refractivity contribution in [3.63, 3.8) is 0 Å². The van der Waals surface area contributed by atoms with Crippen LogP contribution in [0, 0.1) is 0 Å². The van der Waals surface area contributed by atoms with E-state index in [1.54, 1.807) is 0 Å². The smallest absolute Gasteiger partial charge is 0.306 e. The van der Waals surface area contributed by atoms with E-state index in [1.165, 1.54) is 161 Å². The summed E-state index contributed by atoms with van der Waals surface area (Å²) in [4.78, 5) is 37.9. The van der Waals surface area contributed by atoms with Crippen LogP contribution in [0.1, 0.15) is 271 Å². The van der Waals surface area contributed by atoms with Crippen LogP contribution in [-0.2, 0) is 28.6 Å². The van der Waals surface area contributed by atoms with E-state index < -0.39 is 6.10 Å². The van der Waals surface area contributed by atoms with Crippen molar-refractivity contribution in [1.82, 2.24) is 0 Å². The van der Waals surface area contributed by atoms with Crippen LogP contribution in [0.3, 0.4) is 0 Å². The topological polar surface area (TPSA) is 78.9 Å². The van der Waals surface area contributed by atoms with Gasteiger partial charge < -0.3 is 14.2 Å². The highest BCUT2D eigenvalue weighted by molar-refractivity contribution is 5.71. The van der Waals surface area contributed by atoms with Crippen molar-refractivity contribution >= 4 is 17.9 Å². The molecule has 0 aromatic heterocycles. The normalized spacial score (nSPS) is 12.1. The third kappa shape index (κ3) is 45.0. The lowest BCUT2D eigenvalue weighted by Gasteiger charge is -2.18. The summed E-state index contributed by atoms with van der Waals surface area (Å²) in [7, 11) is 0. The molecule has 0 unspecified atom stereocenters. The Morgan fingerprint density at radius 1 is 0.328 bits per heavy atom. The predicted octanol–water partition coefficient (Wildman–Crippen LogP) is 16.4. The molecule has 6 heteroatoms. The van der Waals surface area contributed by atoms with Gasteiger partial charge in [0.1, 0.15) is 13.2 Å². The molecule has 0 N–H and O–H groups in total. The van der Waals surface area contributed by atoms with Gasteiger partial charge in [0.25, 0.3) is 0 Å². The average Bonchev–Trinajstić information content (AvgIpc) is 3.22. The van der Waals surface area contributed by atoms with E-state index in [1.807, 2.05) is 0 Å². The van der Waals surface area contributed by atoms with E-state index in [0.717, 1.165) is 70.6 Å². The summed E-state index contributed by atoms with van der Waals surface area (Å²) in [6, 6.07) is 0. The molecule has 0 bridgehead atoms. The molecular formula is C52H96O6. The number of rotatable bonds is 46. The van der Waals surface area contributed by atoms with Gasteiger partial charge in [0, 0.05) is 19.3 Å². The first-order valence-electron chi connectivity index (χ1n) is 25.3. The fourth-order valence-corrected chi connectivity index (χ4v) is 7.31. The first-order chi connectivity index (χ1) is 28.5. The number of allylic oxidation sites excluding steroid dienone is 4. The van der Waals surface area contributed by atoms with Crippen molar-refractivity contribution in [1.29, 1.82) is 0 Å². The van der Waals surface area contributed by atoms with Crippen molar-refractivity contribution in [3.05, 3.63) is 24.3 Å². The first kappa shape index (κ1) is 55.9. The molecule has 6 nitrogen and oxygen atoms in total. The molecule has 0 aliphatic rings. The van der Waals surface area contributed by atoms with Crippen molar-refractivity contribution < 1.29 is 28.6 Å². The Hall–Kier alpha value is -2.11. The molecule has 0 amide bonds. The summed E-state index contributed by atoms with van der Waals surface area (Å²) in [5, 5.41) is 0. The number of carbonyl (C=O) groups is 3. The van der Waals surface area contributed by atoms with Crippen LogP contribution in [0.5, 0.6) is 0 Å². The predicted molar refractivity (Wildman–Crippen MR) is 247 cm³/mol. The van der Waals surface area contributed by atoms with E-state index in [-0.39, 0.29) is 31.1 Å². The number of esters is 3.